The molecule has 0 unspecified atom stereocenters. The van der Waals surface area contributed by atoms with Gasteiger partial charge >= 0.3 is 0 Å². The van der Waals surface area contributed by atoms with Crippen LogP contribution in [0.5, 0.6) is 5.75 Å². The molecule has 1 aliphatic rings. The third-order valence-corrected chi connectivity index (χ3v) is 3.68. The summed E-state index contributed by atoms with van der Waals surface area (Å²) in [6.07, 6.45) is 2.17. The first-order valence-electron chi connectivity index (χ1n) is 7.15. The Morgan fingerprint density at radius 2 is 2.05 bits per heavy atom. The summed E-state index contributed by atoms with van der Waals surface area (Å²) < 4.78 is 10.8. The number of benzene rings is 1. The molecule has 1 aliphatic heterocycles. The molecule has 1 saturated heterocycles. The Hall–Kier alpha value is -1.06. The maximum absolute atomic E-state index is 5.65. The maximum atomic E-state index is 5.65. The molecule has 2 atom stereocenters. The molecule has 0 aliphatic carbocycles. The predicted molar refractivity (Wildman–Crippen MR) is 77.7 cm³/mol. The molecule has 0 aromatic heterocycles. The van der Waals surface area contributed by atoms with Gasteiger partial charge < -0.3 is 14.8 Å². The van der Waals surface area contributed by atoms with Gasteiger partial charge in [0.2, 0.25) is 0 Å². The minimum atomic E-state index is 0.529. The second-order valence-corrected chi connectivity index (χ2v) is 5.60. The zero-order valence-corrected chi connectivity index (χ0v) is 12.2. The quantitative estimate of drug-likeness (QED) is 0.886. The van der Waals surface area contributed by atoms with Gasteiger partial charge in [0, 0.05) is 24.6 Å². The highest BCUT2D eigenvalue weighted by Gasteiger charge is 2.26. The number of hydrogen-bond acceptors (Lipinski definition) is 3. The van der Waals surface area contributed by atoms with Crippen molar-refractivity contribution in [2.45, 2.75) is 38.8 Å². The molecule has 0 saturated carbocycles. The summed E-state index contributed by atoms with van der Waals surface area (Å²) in [6.45, 7) is 6.15. The van der Waals surface area contributed by atoms with E-state index in [9.17, 15) is 0 Å². The maximum Gasteiger partial charge on any atom is 0.118 e. The zero-order chi connectivity index (χ0) is 13.7. The van der Waals surface area contributed by atoms with E-state index in [4.69, 9.17) is 9.47 Å². The van der Waals surface area contributed by atoms with Crippen LogP contribution in [0.3, 0.4) is 0 Å². The topological polar surface area (TPSA) is 30.5 Å². The molecule has 106 valence electrons. The molecule has 1 fully saturated rings. The monoisotopic (exact) mass is 263 g/mol. The Balaban J connectivity index is 1.97. The predicted octanol–water partition coefficient (Wildman–Crippen LogP) is 2.64. The highest BCUT2D eigenvalue weighted by atomic mass is 16.5. The van der Waals surface area contributed by atoms with E-state index >= 15 is 0 Å². The molecule has 0 spiro atoms. The van der Waals surface area contributed by atoms with Gasteiger partial charge in [-0.3, -0.25) is 0 Å². The van der Waals surface area contributed by atoms with Gasteiger partial charge in [0.05, 0.1) is 13.7 Å². The van der Waals surface area contributed by atoms with Crippen molar-refractivity contribution in [1.29, 1.82) is 0 Å². The molecule has 1 aromatic rings. The smallest absolute Gasteiger partial charge is 0.118 e. The van der Waals surface area contributed by atoms with Crippen LogP contribution in [0.4, 0.5) is 0 Å². The Morgan fingerprint density at radius 3 is 2.68 bits per heavy atom. The van der Waals surface area contributed by atoms with E-state index in [0.29, 0.717) is 18.0 Å². The van der Waals surface area contributed by atoms with E-state index in [-0.39, 0.29) is 0 Å². The zero-order valence-electron chi connectivity index (χ0n) is 12.2. The molecule has 0 amide bonds. The molecule has 19 heavy (non-hydrogen) atoms. The summed E-state index contributed by atoms with van der Waals surface area (Å²) in [5.74, 6) is 1.48. The lowest BCUT2D eigenvalue weighted by molar-refractivity contribution is 0.0300. The summed E-state index contributed by atoms with van der Waals surface area (Å²) in [5.41, 5.74) is 1.35. The van der Waals surface area contributed by atoms with Gasteiger partial charge in [-0.25, -0.2) is 0 Å². The Morgan fingerprint density at radius 1 is 1.32 bits per heavy atom. The largest absolute Gasteiger partial charge is 0.497 e. The third kappa shape index (κ3) is 4.22. The van der Waals surface area contributed by atoms with Crippen LogP contribution in [-0.4, -0.2) is 32.4 Å². The number of rotatable bonds is 5. The van der Waals surface area contributed by atoms with E-state index in [1.165, 1.54) is 5.56 Å². The highest BCUT2D eigenvalue weighted by Crippen LogP contribution is 2.21. The molecule has 3 nitrogen and oxygen atoms in total. The normalized spacial score (nSPS) is 23.6. The van der Waals surface area contributed by atoms with E-state index < -0.39 is 0 Å². The van der Waals surface area contributed by atoms with Crippen LogP contribution in [0.15, 0.2) is 24.3 Å². The second kappa shape index (κ2) is 6.92. The fourth-order valence-electron chi connectivity index (χ4n) is 2.71. The average molecular weight is 263 g/mol. The molecule has 2 rings (SSSR count). The summed E-state index contributed by atoms with van der Waals surface area (Å²) in [6, 6.07) is 9.46. The van der Waals surface area contributed by atoms with Gasteiger partial charge in [-0.15, -0.1) is 0 Å². The highest BCUT2D eigenvalue weighted by molar-refractivity contribution is 5.27. The molecule has 0 radical (unpaired) electrons. The lowest BCUT2D eigenvalue weighted by Crippen LogP contribution is -2.46. The van der Waals surface area contributed by atoms with E-state index in [2.05, 4.69) is 31.3 Å². The Bertz CT molecular complexity index is 375. The SMILES string of the molecule is COc1ccc(C[C@@H]2COCC[C@@H]2NC(C)C)cc1. The van der Waals surface area contributed by atoms with Crippen molar-refractivity contribution in [3.63, 3.8) is 0 Å². The van der Waals surface area contributed by atoms with E-state index in [1.807, 2.05) is 12.1 Å². The van der Waals surface area contributed by atoms with Crippen LogP contribution in [-0.2, 0) is 11.2 Å². The summed E-state index contributed by atoms with van der Waals surface area (Å²) >= 11 is 0. The minimum absolute atomic E-state index is 0.529. The van der Waals surface area contributed by atoms with Gasteiger partial charge in [-0.1, -0.05) is 26.0 Å². The first-order valence-corrected chi connectivity index (χ1v) is 7.15. The van der Waals surface area contributed by atoms with Crippen molar-refractivity contribution in [2.24, 2.45) is 5.92 Å². The molecule has 1 N–H and O–H groups in total. The van der Waals surface area contributed by atoms with E-state index in [1.54, 1.807) is 7.11 Å². The Labute approximate surface area is 116 Å². The van der Waals surface area contributed by atoms with Crippen molar-refractivity contribution in [3.05, 3.63) is 29.8 Å². The van der Waals surface area contributed by atoms with Crippen LogP contribution in [0, 0.1) is 5.92 Å². The average Bonchev–Trinajstić information content (AvgIpc) is 2.41. The van der Waals surface area contributed by atoms with Crippen molar-refractivity contribution < 1.29 is 9.47 Å². The number of hydrogen-bond donors (Lipinski definition) is 1. The lowest BCUT2D eigenvalue weighted by atomic mass is 9.89. The van der Waals surface area contributed by atoms with Crippen LogP contribution in [0.2, 0.25) is 0 Å². The second-order valence-electron chi connectivity index (χ2n) is 5.60. The number of methoxy groups -OCH3 is 1. The molecule has 3 heteroatoms. The number of ether oxygens (including phenoxy) is 2. The number of nitrogens with one attached hydrogen (secondary N) is 1. The van der Waals surface area contributed by atoms with Crippen LogP contribution < -0.4 is 10.1 Å². The standard InChI is InChI=1S/C16H25NO2/c1-12(2)17-16-8-9-19-11-14(16)10-13-4-6-15(18-3)7-5-13/h4-7,12,14,16-17H,8-11H2,1-3H3/t14-,16+/m1/s1. The fraction of sp³-hybridized carbons (Fsp3) is 0.625. The van der Waals surface area contributed by atoms with Crippen molar-refractivity contribution in [3.8, 4) is 5.75 Å². The summed E-state index contributed by atoms with van der Waals surface area (Å²) in [4.78, 5) is 0. The van der Waals surface area contributed by atoms with E-state index in [0.717, 1.165) is 31.8 Å². The van der Waals surface area contributed by atoms with Crippen molar-refractivity contribution in [1.82, 2.24) is 5.32 Å². The molecular formula is C16H25NO2. The molecule has 0 bridgehead atoms. The lowest BCUT2D eigenvalue weighted by Gasteiger charge is -2.33. The van der Waals surface area contributed by atoms with Gasteiger partial charge in [0.15, 0.2) is 0 Å². The van der Waals surface area contributed by atoms with Crippen LogP contribution in [0.25, 0.3) is 0 Å². The van der Waals surface area contributed by atoms with Gasteiger partial charge in [-0.2, -0.15) is 0 Å². The summed E-state index contributed by atoms with van der Waals surface area (Å²) in [5, 5.41) is 3.67. The van der Waals surface area contributed by atoms with Crippen LogP contribution in [0.1, 0.15) is 25.8 Å². The molecular weight excluding hydrogens is 238 g/mol. The van der Waals surface area contributed by atoms with Gasteiger partial charge in [-0.05, 0) is 30.5 Å². The molecule has 1 aromatic carbocycles. The molecule has 1 heterocycles. The fourth-order valence-corrected chi connectivity index (χ4v) is 2.71. The first-order chi connectivity index (χ1) is 9.19. The Kier molecular flexibility index (Phi) is 5.23. The third-order valence-electron chi connectivity index (χ3n) is 3.68. The summed E-state index contributed by atoms with van der Waals surface area (Å²) in [7, 11) is 1.70. The minimum Gasteiger partial charge on any atom is -0.497 e. The van der Waals surface area contributed by atoms with Gasteiger partial charge in [0.25, 0.3) is 0 Å². The van der Waals surface area contributed by atoms with Crippen LogP contribution >= 0.6 is 0 Å². The van der Waals surface area contributed by atoms with Crippen molar-refractivity contribution in [2.75, 3.05) is 20.3 Å². The van der Waals surface area contributed by atoms with Gasteiger partial charge in [0.1, 0.15) is 5.75 Å². The first kappa shape index (κ1) is 14.4. The van der Waals surface area contributed by atoms with Crippen molar-refractivity contribution >= 4 is 0 Å².